The van der Waals surface area contributed by atoms with Crippen molar-refractivity contribution in [1.82, 2.24) is 9.55 Å². The Kier molecular flexibility index (Phi) is 3.81. The fourth-order valence-electron chi connectivity index (χ4n) is 1.16. The van der Waals surface area contributed by atoms with Gasteiger partial charge in [0.1, 0.15) is 0 Å². The smallest absolute Gasteiger partial charge is 0.328 e. The van der Waals surface area contributed by atoms with Crippen molar-refractivity contribution in [2.45, 2.75) is 19.8 Å². The first-order valence-corrected chi connectivity index (χ1v) is 4.44. The lowest BCUT2D eigenvalue weighted by atomic mass is 10.4. The highest BCUT2D eigenvalue weighted by molar-refractivity contribution is 5.00. The molecule has 0 radical (unpaired) electrons. The van der Waals surface area contributed by atoms with E-state index >= 15 is 0 Å². The average molecular weight is 214 g/mol. The van der Waals surface area contributed by atoms with Crippen molar-refractivity contribution in [2.75, 3.05) is 14.2 Å². The third-order valence-corrected chi connectivity index (χ3v) is 2.06. The molecule has 0 amide bonds. The summed E-state index contributed by atoms with van der Waals surface area (Å²) in [5.74, 6) is 0. The van der Waals surface area contributed by atoms with E-state index in [0.29, 0.717) is 5.56 Å². The second kappa shape index (κ2) is 4.90. The number of H-pyrrole nitrogens is 1. The Hall–Kier alpha value is -1.40. The standard InChI is InChI=1S/C9H14N2O4/c1-6-4-11(5-7(14-2)15-3)9(13)10-8(6)12/h4,7H,5H2,1-3H3,(H,10,12,13). The molecule has 0 atom stereocenters. The van der Waals surface area contributed by atoms with Gasteiger partial charge >= 0.3 is 5.69 Å². The monoisotopic (exact) mass is 214 g/mol. The van der Waals surface area contributed by atoms with Crippen LogP contribution in [-0.4, -0.2) is 30.1 Å². The molecule has 6 nitrogen and oxygen atoms in total. The molecule has 0 bridgehead atoms. The van der Waals surface area contributed by atoms with Crippen LogP contribution in [0.1, 0.15) is 5.56 Å². The van der Waals surface area contributed by atoms with Crippen LogP contribution < -0.4 is 11.2 Å². The Morgan fingerprint density at radius 1 is 1.40 bits per heavy atom. The van der Waals surface area contributed by atoms with Crippen LogP contribution in [0.4, 0.5) is 0 Å². The molecule has 0 unspecified atom stereocenters. The lowest BCUT2D eigenvalue weighted by Crippen LogP contribution is -2.34. The summed E-state index contributed by atoms with van der Waals surface area (Å²) in [7, 11) is 2.97. The number of aryl methyl sites for hydroxylation is 1. The summed E-state index contributed by atoms with van der Waals surface area (Å²) in [6, 6.07) is 0. The van der Waals surface area contributed by atoms with E-state index in [-0.39, 0.29) is 12.1 Å². The molecule has 0 aliphatic heterocycles. The van der Waals surface area contributed by atoms with Crippen molar-refractivity contribution in [2.24, 2.45) is 0 Å². The van der Waals surface area contributed by atoms with Crippen LogP contribution in [0.25, 0.3) is 0 Å². The zero-order valence-electron chi connectivity index (χ0n) is 8.94. The summed E-state index contributed by atoms with van der Waals surface area (Å²) >= 11 is 0. The fourth-order valence-corrected chi connectivity index (χ4v) is 1.16. The SMILES string of the molecule is COC(Cn1cc(C)c(=O)[nH]c1=O)OC. The largest absolute Gasteiger partial charge is 0.354 e. The lowest BCUT2D eigenvalue weighted by molar-refractivity contribution is -0.111. The minimum Gasteiger partial charge on any atom is -0.354 e. The van der Waals surface area contributed by atoms with Crippen LogP contribution in [0.15, 0.2) is 15.8 Å². The van der Waals surface area contributed by atoms with E-state index in [2.05, 4.69) is 4.98 Å². The van der Waals surface area contributed by atoms with Gasteiger partial charge in [0.15, 0.2) is 6.29 Å². The van der Waals surface area contributed by atoms with Gasteiger partial charge in [0, 0.05) is 26.0 Å². The Balaban J connectivity index is 3.00. The summed E-state index contributed by atoms with van der Waals surface area (Å²) in [5.41, 5.74) is -0.368. The summed E-state index contributed by atoms with van der Waals surface area (Å²) < 4.78 is 11.3. The van der Waals surface area contributed by atoms with Gasteiger partial charge in [-0.05, 0) is 6.92 Å². The Morgan fingerprint density at radius 2 is 2.00 bits per heavy atom. The van der Waals surface area contributed by atoms with E-state index in [1.54, 1.807) is 6.92 Å². The number of methoxy groups -OCH3 is 2. The van der Waals surface area contributed by atoms with E-state index in [1.165, 1.54) is 25.0 Å². The van der Waals surface area contributed by atoms with Gasteiger partial charge in [0.2, 0.25) is 0 Å². The van der Waals surface area contributed by atoms with E-state index < -0.39 is 12.0 Å². The summed E-state index contributed by atoms with van der Waals surface area (Å²) in [6.45, 7) is 1.87. The molecule has 1 rings (SSSR count). The van der Waals surface area contributed by atoms with Gasteiger partial charge < -0.3 is 9.47 Å². The van der Waals surface area contributed by atoms with Crippen molar-refractivity contribution in [3.05, 3.63) is 32.6 Å². The number of aromatic amines is 1. The van der Waals surface area contributed by atoms with Gasteiger partial charge in [-0.15, -0.1) is 0 Å². The molecule has 1 aromatic rings. The highest BCUT2D eigenvalue weighted by atomic mass is 16.7. The number of nitrogens with one attached hydrogen (secondary N) is 1. The first-order valence-electron chi connectivity index (χ1n) is 4.44. The second-order valence-corrected chi connectivity index (χ2v) is 3.12. The normalized spacial score (nSPS) is 10.9. The summed E-state index contributed by atoms with van der Waals surface area (Å²) in [4.78, 5) is 24.6. The zero-order valence-corrected chi connectivity index (χ0v) is 8.94. The number of rotatable bonds is 4. The van der Waals surface area contributed by atoms with Gasteiger partial charge in [-0.3, -0.25) is 14.3 Å². The molecule has 15 heavy (non-hydrogen) atoms. The molecule has 0 saturated heterocycles. The molecule has 0 aromatic carbocycles. The maximum absolute atomic E-state index is 11.4. The molecule has 1 N–H and O–H groups in total. The van der Waals surface area contributed by atoms with E-state index in [4.69, 9.17) is 9.47 Å². The van der Waals surface area contributed by atoms with Crippen molar-refractivity contribution >= 4 is 0 Å². The quantitative estimate of drug-likeness (QED) is 0.683. The zero-order chi connectivity index (χ0) is 11.4. The van der Waals surface area contributed by atoms with Gasteiger partial charge in [-0.2, -0.15) is 0 Å². The van der Waals surface area contributed by atoms with E-state index in [0.717, 1.165) is 0 Å². The third kappa shape index (κ3) is 2.77. The Morgan fingerprint density at radius 3 is 2.53 bits per heavy atom. The summed E-state index contributed by atoms with van der Waals surface area (Å²) in [6.07, 6.45) is 0.972. The van der Waals surface area contributed by atoms with Crippen LogP contribution in [0.5, 0.6) is 0 Å². The third-order valence-electron chi connectivity index (χ3n) is 2.06. The van der Waals surface area contributed by atoms with Crippen molar-refractivity contribution < 1.29 is 9.47 Å². The predicted molar refractivity (Wildman–Crippen MR) is 53.9 cm³/mol. The van der Waals surface area contributed by atoms with Gasteiger partial charge in [-0.1, -0.05) is 0 Å². The number of hydrogen-bond acceptors (Lipinski definition) is 4. The number of hydrogen-bond donors (Lipinski definition) is 1. The molecular formula is C9H14N2O4. The minimum atomic E-state index is -0.506. The summed E-state index contributed by atoms with van der Waals surface area (Å²) in [5, 5.41) is 0. The molecule has 0 aliphatic carbocycles. The fraction of sp³-hybridized carbons (Fsp3) is 0.556. The van der Waals surface area contributed by atoms with Gasteiger partial charge in [0.05, 0.1) is 6.54 Å². The van der Waals surface area contributed by atoms with Gasteiger partial charge in [0.25, 0.3) is 5.56 Å². The number of aromatic nitrogens is 2. The topological polar surface area (TPSA) is 73.3 Å². The molecular weight excluding hydrogens is 200 g/mol. The van der Waals surface area contributed by atoms with Crippen LogP contribution in [0.3, 0.4) is 0 Å². The first-order chi connectivity index (χ1) is 7.08. The van der Waals surface area contributed by atoms with E-state index in [1.807, 2.05) is 0 Å². The first kappa shape index (κ1) is 11.7. The molecule has 0 saturated carbocycles. The van der Waals surface area contributed by atoms with Crippen molar-refractivity contribution in [3.8, 4) is 0 Å². The van der Waals surface area contributed by atoms with Crippen molar-refractivity contribution in [3.63, 3.8) is 0 Å². The molecule has 0 spiro atoms. The minimum absolute atomic E-state index is 0.240. The Bertz CT molecular complexity index is 430. The highest BCUT2D eigenvalue weighted by Gasteiger charge is 2.08. The van der Waals surface area contributed by atoms with Crippen LogP contribution >= 0.6 is 0 Å². The number of ether oxygens (including phenoxy) is 2. The lowest BCUT2D eigenvalue weighted by Gasteiger charge is -2.14. The average Bonchev–Trinajstić information content (AvgIpc) is 2.21. The van der Waals surface area contributed by atoms with Gasteiger partial charge in [-0.25, -0.2) is 4.79 Å². The Labute approximate surface area is 86.5 Å². The van der Waals surface area contributed by atoms with Crippen LogP contribution in [0, 0.1) is 6.92 Å². The number of nitrogens with zero attached hydrogens (tertiary/aromatic N) is 1. The molecule has 84 valence electrons. The predicted octanol–water partition coefficient (Wildman–Crippen LogP) is -0.536. The molecule has 0 aliphatic rings. The van der Waals surface area contributed by atoms with Crippen LogP contribution in [0.2, 0.25) is 0 Å². The van der Waals surface area contributed by atoms with Crippen molar-refractivity contribution in [1.29, 1.82) is 0 Å². The maximum atomic E-state index is 11.4. The molecule has 0 fully saturated rings. The highest BCUT2D eigenvalue weighted by Crippen LogP contribution is 1.94. The van der Waals surface area contributed by atoms with Crippen LogP contribution in [-0.2, 0) is 16.0 Å². The molecule has 1 heterocycles. The molecule has 1 aromatic heterocycles. The second-order valence-electron chi connectivity index (χ2n) is 3.12. The molecule has 6 heteroatoms. The van der Waals surface area contributed by atoms with E-state index in [9.17, 15) is 9.59 Å². The maximum Gasteiger partial charge on any atom is 0.328 e.